The van der Waals surface area contributed by atoms with Gasteiger partial charge in [-0.1, -0.05) is 17.7 Å². The maximum atomic E-state index is 13.6. The van der Waals surface area contributed by atoms with Crippen molar-refractivity contribution in [1.82, 2.24) is 15.5 Å². The molecule has 0 bridgehead atoms. The molecule has 28 heavy (non-hydrogen) atoms. The van der Waals surface area contributed by atoms with Gasteiger partial charge in [-0.3, -0.25) is 0 Å². The lowest BCUT2D eigenvalue weighted by Crippen LogP contribution is -2.32. The summed E-state index contributed by atoms with van der Waals surface area (Å²) in [4.78, 5) is 11.8. The Hall–Kier alpha value is -3.26. The SMILES string of the molecule is O=C(NCCOc1ccc(-c2ccc(F)cc2)nn1)Nc1c(F)cccc1Cl. The average molecular weight is 405 g/mol. The van der Waals surface area contributed by atoms with Crippen LogP contribution in [-0.4, -0.2) is 29.4 Å². The van der Waals surface area contributed by atoms with E-state index in [2.05, 4.69) is 20.8 Å². The molecular weight excluding hydrogens is 390 g/mol. The Balaban J connectivity index is 1.45. The van der Waals surface area contributed by atoms with Crippen LogP contribution in [-0.2, 0) is 0 Å². The zero-order chi connectivity index (χ0) is 19.9. The fraction of sp³-hybridized carbons (Fsp3) is 0.105. The normalized spacial score (nSPS) is 10.4. The summed E-state index contributed by atoms with van der Waals surface area (Å²) in [5.41, 5.74) is 1.21. The first-order valence-electron chi connectivity index (χ1n) is 8.24. The number of anilines is 1. The molecule has 0 aliphatic heterocycles. The lowest BCUT2D eigenvalue weighted by Gasteiger charge is -2.10. The molecule has 0 saturated carbocycles. The molecule has 0 radical (unpaired) electrons. The Bertz CT molecular complexity index is 933. The number of urea groups is 1. The molecular formula is C19H15ClF2N4O2. The van der Waals surface area contributed by atoms with E-state index in [4.69, 9.17) is 16.3 Å². The van der Waals surface area contributed by atoms with E-state index >= 15 is 0 Å². The number of nitrogens with one attached hydrogen (secondary N) is 2. The summed E-state index contributed by atoms with van der Waals surface area (Å²) in [7, 11) is 0. The summed E-state index contributed by atoms with van der Waals surface area (Å²) in [6.45, 7) is 0.280. The van der Waals surface area contributed by atoms with Crippen molar-refractivity contribution in [2.75, 3.05) is 18.5 Å². The minimum Gasteiger partial charge on any atom is -0.475 e. The lowest BCUT2D eigenvalue weighted by atomic mass is 10.1. The van der Waals surface area contributed by atoms with Gasteiger partial charge in [-0.2, -0.15) is 0 Å². The molecule has 2 amide bonds. The Labute approximate surface area is 164 Å². The van der Waals surface area contributed by atoms with Crippen molar-refractivity contribution in [2.45, 2.75) is 0 Å². The van der Waals surface area contributed by atoms with Gasteiger partial charge in [0.05, 0.1) is 22.9 Å². The fourth-order valence-corrected chi connectivity index (χ4v) is 2.48. The Morgan fingerprint density at radius 2 is 1.82 bits per heavy atom. The summed E-state index contributed by atoms with van der Waals surface area (Å²) in [6.07, 6.45) is 0. The van der Waals surface area contributed by atoms with Crippen LogP contribution in [0.25, 0.3) is 11.3 Å². The Morgan fingerprint density at radius 1 is 1.04 bits per heavy atom. The molecule has 3 rings (SSSR count). The molecule has 0 aliphatic carbocycles. The number of carbonyl (C=O) groups excluding carboxylic acids is 1. The third kappa shape index (κ3) is 5.14. The molecule has 0 atom stereocenters. The molecule has 2 aromatic carbocycles. The van der Waals surface area contributed by atoms with E-state index in [1.54, 1.807) is 24.3 Å². The summed E-state index contributed by atoms with van der Waals surface area (Å²) in [5.74, 6) is -0.689. The Kier molecular flexibility index (Phi) is 6.33. The van der Waals surface area contributed by atoms with E-state index in [0.717, 1.165) is 5.56 Å². The molecule has 9 heteroatoms. The molecule has 1 aromatic heterocycles. The van der Waals surface area contributed by atoms with E-state index in [9.17, 15) is 13.6 Å². The maximum Gasteiger partial charge on any atom is 0.319 e. The first kappa shape index (κ1) is 19.5. The van der Waals surface area contributed by atoms with Crippen LogP contribution in [0.3, 0.4) is 0 Å². The second-order valence-electron chi connectivity index (χ2n) is 5.59. The number of hydrogen-bond acceptors (Lipinski definition) is 4. The number of hydrogen-bond donors (Lipinski definition) is 2. The van der Waals surface area contributed by atoms with Gasteiger partial charge in [0, 0.05) is 11.6 Å². The standard InChI is InChI=1S/C19H15ClF2N4O2/c20-14-2-1-3-15(22)18(14)24-19(27)23-10-11-28-17-9-8-16(25-26-17)12-4-6-13(21)7-5-12/h1-9H,10-11H2,(H2,23,24,27). The number of carbonyl (C=O) groups is 1. The van der Waals surface area contributed by atoms with Crippen LogP contribution in [0.5, 0.6) is 5.88 Å². The predicted molar refractivity (Wildman–Crippen MR) is 101 cm³/mol. The average Bonchev–Trinajstić information content (AvgIpc) is 2.69. The molecule has 2 N–H and O–H groups in total. The highest BCUT2D eigenvalue weighted by Gasteiger charge is 2.10. The number of benzene rings is 2. The summed E-state index contributed by atoms with van der Waals surface area (Å²) in [5, 5.41) is 12.9. The van der Waals surface area contributed by atoms with Gasteiger partial charge < -0.3 is 15.4 Å². The number of aromatic nitrogens is 2. The van der Waals surface area contributed by atoms with Gasteiger partial charge in [-0.05, 0) is 42.5 Å². The largest absolute Gasteiger partial charge is 0.475 e. The van der Waals surface area contributed by atoms with Crippen molar-refractivity contribution in [2.24, 2.45) is 0 Å². The van der Waals surface area contributed by atoms with Crippen molar-refractivity contribution in [3.05, 3.63) is 71.3 Å². The smallest absolute Gasteiger partial charge is 0.319 e. The van der Waals surface area contributed by atoms with Crippen molar-refractivity contribution < 1.29 is 18.3 Å². The third-order valence-corrected chi connectivity index (χ3v) is 3.93. The number of para-hydroxylation sites is 1. The third-order valence-electron chi connectivity index (χ3n) is 3.62. The molecule has 1 heterocycles. The molecule has 0 unspecified atom stereocenters. The zero-order valence-corrected chi connectivity index (χ0v) is 15.2. The highest BCUT2D eigenvalue weighted by atomic mass is 35.5. The van der Waals surface area contributed by atoms with E-state index in [1.165, 1.54) is 30.3 Å². The summed E-state index contributed by atoms with van der Waals surface area (Å²) in [6, 6.07) is 12.7. The highest BCUT2D eigenvalue weighted by Crippen LogP contribution is 2.24. The first-order chi connectivity index (χ1) is 13.5. The number of ether oxygens (including phenoxy) is 1. The van der Waals surface area contributed by atoms with E-state index in [-0.39, 0.29) is 35.6 Å². The van der Waals surface area contributed by atoms with Gasteiger partial charge in [0.1, 0.15) is 18.2 Å². The maximum absolute atomic E-state index is 13.6. The van der Waals surface area contributed by atoms with E-state index in [0.29, 0.717) is 5.69 Å². The van der Waals surface area contributed by atoms with Gasteiger partial charge in [-0.25, -0.2) is 13.6 Å². The van der Waals surface area contributed by atoms with E-state index < -0.39 is 11.8 Å². The van der Waals surface area contributed by atoms with Crippen molar-refractivity contribution in [3.63, 3.8) is 0 Å². The predicted octanol–water partition coefficient (Wildman–Crippen LogP) is 4.28. The van der Waals surface area contributed by atoms with Crippen LogP contribution < -0.4 is 15.4 Å². The highest BCUT2D eigenvalue weighted by molar-refractivity contribution is 6.33. The van der Waals surface area contributed by atoms with Gasteiger partial charge >= 0.3 is 6.03 Å². The van der Waals surface area contributed by atoms with Crippen LogP contribution in [0.4, 0.5) is 19.3 Å². The van der Waals surface area contributed by atoms with Crippen LogP contribution in [0, 0.1) is 11.6 Å². The quantitative estimate of drug-likeness (QED) is 0.601. The second-order valence-corrected chi connectivity index (χ2v) is 6.00. The topological polar surface area (TPSA) is 76.1 Å². The second kappa shape index (κ2) is 9.09. The van der Waals surface area contributed by atoms with Crippen molar-refractivity contribution in [1.29, 1.82) is 0 Å². The van der Waals surface area contributed by atoms with Gasteiger partial charge in [-0.15, -0.1) is 10.2 Å². The van der Waals surface area contributed by atoms with Gasteiger partial charge in [0.15, 0.2) is 0 Å². The minimum atomic E-state index is -0.629. The van der Waals surface area contributed by atoms with Crippen molar-refractivity contribution >= 4 is 23.3 Å². The fourth-order valence-electron chi connectivity index (χ4n) is 2.27. The molecule has 0 saturated heterocycles. The minimum absolute atomic E-state index is 0.0927. The van der Waals surface area contributed by atoms with Crippen LogP contribution >= 0.6 is 11.6 Å². The number of halogens is 3. The van der Waals surface area contributed by atoms with Gasteiger partial charge in [0.25, 0.3) is 0 Å². The monoisotopic (exact) mass is 404 g/mol. The van der Waals surface area contributed by atoms with Crippen LogP contribution in [0.15, 0.2) is 54.6 Å². The number of amides is 2. The van der Waals surface area contributed by atoms with E-state index in [1.807, 2.05) is 0 Å². The van der Waals surface area contributed by atoms with Crippen LogP contribution in [0.2, 0.25) is 5.02 Å². The molecule has 3 aromatic rings. The number of rotatable bonds is 6. The molecule has 144 valence electrons. The molecule has 0 fully saturated rings. The molecule has 0 spiro atoms. The molecule has 0 aliphatic rings. The first-order valence-corrected chi connectivity index (χ1v) is 8.62. The van der Waals surface area contributed by atoms with Gasteiger partial charge in [0.2, 0.25) is 5.88 Å². The Morgan fingerprint density at radius 3 is 2.50 bits per heavy atom. The lowest BCUT2D eigenvalue weighted by molar-refractivity contribution is 0.246. The summed E-state index contributed by atoms with van der Waals surface area (Å²) >= 11 is 5.84. The van der Waals surface area contributed by atoms with Crippen LogP contribution in [0.1, 0.15) is 0 Å². The van der Waals surface area contributed by atoms with Crippen molar-refractivity contribution in [3.8, 4) is 17.1 Å². The summed E-state index contributed by atoms with van der Waals surface area (Å²) < 4.78 is 31.9. The zero-order valence-electron chi connectivity index (χ0n) is 14.5. The molecule has 6 nitrogen and oxygen atoms in total. The number of nitrogens with zero attached hydrogens (tertiary/aromatic N) is 2.